The Morgan fingerprint density at radius 1 is 1.39 bits per heavy atom. The number of rotatable bonds is 3. The predicted molar refractivity (Wildman–Crippen MR) is 86.1 cm³/mol. The number of hydrogen-bond acceptors (Lipinski definition) is 4. The third kappa shape index (κ3) is 2.30. The lowest BCUT2D eigenvalue weighted by molar-refractivity contribution is 0.0956. The SMILES string of the molecule is CC(C)Cc1cc(-c2nc3cccc4c3n2CCNC4=O)on1. The van der Waals surface area contributed by atoms with E-state index >= 15 is 0 Å². The molecule has 1 aliphatic rings. The van der Waals surface area contributed by atoms with Crippen LogP contribution in [-0.4, -0.2) is 27.2 Å². The van der Waals surface area contributed by atoms with Crippen LogP contribution in [-0.2, 0) is 13.0 Å². The van der Waals surface area contributed by atoms with Crippen LogP contribution in [0.5, 0.6) is 0 Å². The lowest BCUT2D eigenvalue weighted by Gasteiger charge is -2.04. The molecule has 0 unspecified atom stereocenters. The van der Waals surface area contributed by atoms with Gasteiger partial charge in [-0.3, -0.25) is 4.79 Å². The van der Waals surface area contributed by atoms with Gasteiger partial charge in [-0.25, -0.2) is 4.98 Å². The van der Waals surface area contributed by atoms with Crippen molar-refractivity contribution in [3.63, 3.8) is 0 Å². The van der Waals surface area contributed by atoms with E-state index in [9.17, 15) is 4.79 Å². The highest BCUT2D eigenvalue weighted by molar-refractivity contribution is 6.06. The topological polar surface area (TPSA) is 73.0 Å². The number of imidazole rings is 1. The van der Waals surface area contributed by atoms with E-state index in [0.717, 1.165) is 29.0 Å². The maximum atomic E-state index is 12.2. The van der Waals surface area contributed by atoms with Crippen molar-refractivity contribution >= 4 is 16.9 Å². The molecule has 1 aliphatic heterocycles. The largest absolute Gasteiger partial charge is 0.353 e. The van der Waals surface area contributed by atoms with Crippen LogP contribution in [0, 0.1) is 5.92 Å². The molecule has 6 nitrogen and oxygen atoms in total. The van der Waals surface area contributed by atoms with Crippen LogP contribution in [0.3, 0.4) is 0 Å². The normalized spacial score (nSPS) is 14.3. The Bertz CT molecular complexity index is 891. The van der Waals surface area contributed by atoms with Gasteiger partial charge in [-0.05, 0) is 24.5 Å². The van der Waals surface area contributed by atoms with E-state index in [1.54, 1.807) is 0 Å². The number of nitrogens with zero attached hydrogens (tertiary/aromatic N) is 3. The Kier molecular flexibility index (Phi) is 3.18. The first kappa shape index (κ1) is 14.0. The second kappa shape index (κ2) is 5.22. The average Bonchev–Trinajstić information content (AvgIpc) is 3.06. The van der Waals surface area contributed by atoms with Crippen LogP contribution in [0.1, 0.15) is 29.9 Å². The fourth-order valence-electron chi connectivity index (χ4n) is 3.08. The Morgan fingerprint density at radius 3 is 3.09 bits per heavy atom. The fraction of sp³-hybridized carbons (Fsp3) is 0.353. The molecular formula is C17H18N4O2. The van der Waals surface area contributed by atoms with E-state index in [1.807, 2.05) is 28.8 Å². The first-order valence-corrected chi connectivity index (χ1v) is 7.87. The van der Waals surface area contributed by atoms with Crippen molar-refractivity contribution in [1.29, 1.82) is 0 Å². The highest BCUT2D eigenvalue weighted by Gasteiger charge is 2.23. The van der Waals surface area contributed by atoms with Gasteiger partial charge in [0.15, 0.2) is 5.82 Å². The number of para-hydroxylation sites is 1. The van der Waals surface area contributed by atoms with E-state index in [2.05, 4.69) is 29.3 Å². The van der Waals surface area contributed by atoms with Gasteiger partial charge in [0.1, 0.15) is 0 Å². The summed E-state index contributed by atoms with van der Waals surface area (Å²) in [7, 11) is 0. The molecule has 0 fully saturated rings. The summed E-state index contributed by atoms with van der Waals surface area (Å²) < 4.78 is 7.56. The molecule has 0 atom stereocenters. The molecule has 23 heavy (non-hydrogen) atoms. The van der Waals surface area contributed by atoms with Crippen molar-refractivity contribution in [1.82, 2.24) is 20.0 Å². The fourth-order valence-corrected chi connectivity index (χ4v) is 3.08. The third-order valence-electron chi connectivity index (χ3n) is 4.03. The molecule has 0 saturated heterocycles. The van der Waals surface area contributed by atoms with Crippen molar-refractivity contribution in [2.45, 2.75) is 26.8 Å². The molecule has 118 valence electrons. The molecule has 3 aromatic rings. The van der Waals surface area contributed by atoms with Gasteiger partial charge in [-0.2, -0.15) is 0 Å². The van der Waals surface area contributed by atoms with Gasteiger partial charge in [0.25, 0.3) is 5.91 Å². The summed E-state index contributed by atoms with van der Waals surface area (Å²) in [6, 6.07) is 7.55. The molecule has 2 aromatic heterocycles. The van der Waals surface area contributed by atoms with Crippen molar-refractivity contribution < 1.29 is 9.32 Å². The zero-order valence-corrected chi connectivity index (χ0v) is 13.2. The number of carbonyl (C=O) groups is 1. The van der Waals surface area contributed by atoms with Crippen molar-refractivity contribution in [2.24, 2.45) is 5.92 Å². The van der Waals surface area contributed by atoms with Crippen LogP contribution in [0.2, 0.25) is 0 Å². The minimum Gasteiger partial charge on any atom is -0.353 e. The second-order valence-electron chi connectivity index (χ2n) is 6.30. The molecule has 0 spiro atoms. The first-order chi connectivity index (χ1) is 11.1. The quantitative estimate of drug-likeness (QED) is 0.807. The van der Waals surface area contributed by atoms with Crippen molar-refractivity contribution in [2.75, 3.05) is 6.54 Å². The van der Waals surface area contributed by atoms with Gasteiger partial charge in [-0.15, -0.1) is 0 Å². The van der Waals surface area contributed by atoms with Crippen LogP contribution in [0.4, 0.5) is 0 Å². The summed E-state index contributed by atoms with van der Waals surface area (Å²) in [5.41, 5.74) is 3.24. The molecule has 4 rings (SSSR count). The molecule has 0 radical (unpaired) electrons. The van der Waals surface area contributed by atoms with E-state index in [4.69, 9.17) is 4.52 Å². The number of nitrogens with one attached hydrogen (secondary N) is 1. The Balaban J connectivity index is 1.87. The van der Waals surface area contributed by atoms with Gasteiger partial charge < -0.3 is 14.4 Å². The maximum Gasteiger partial charge on any atom is 0.253 e. The van der Waals surface area contributed by atoms with E-state index < -0.39 is 0 Å². The third-order valence-corrected chi connectivity index (χ3v) is 4.03. The van der Waals surface area contributed by atoms with Gasteiger partial charge in [0.05, 0.1) is 22.3 Å². The number of hydrogen-bond donors (Lipinski definition) is 1. The Morgan fingerprint density at radius 2 is 2.26 bits per heavy atom. The van der Waals surface area contributed by atoms with Crippen molar-refractivity contribution in [3.05, 3.63) is 35.5 Å². The summed E-state index contributed by atoms with van der Waals surface area (Å²) in [5, 5.41) is 7.06. The lowest BCUT2D eigenvalue weighted by Crippen LogP contribution is -2.24. The number of aromatic nitrogens is 3. The van der Waals surface area contributed by atoms with Gasteiger partial charge in [0, 0.05) is 19.2 Å². The minimum absolute atomic E-state index is 0.0566. The average molecular weight is 310 g/mol. The van der Waals surface area contributed by atoms with E-state index in [1.165, 1.54) is 0 Å². The highest BCUT2D eigenvalue weighted by Crippen LogP contribution is 2.29. The molecule has 3 heterocycles. The van der Waals surface area contributed by atoms with Crippen LogP contribution >= 0.6 is 0 Å². The predicted octanol–water partition coefficient (Wildman–Crippen LogP) is 2.63. The van der Waals surface area contributed by atoms with Crippen LogP contribution in [0.25, 0.3) is 22.6 Å². The number of carbonyl (C=O) groups excluding carboxylic acids is 1. The summed E-state index contributed by atoms with van der Waals surface area (Å²) in [6.07, 6.45) is 0.870. The van der Waals surface area contributed by atoms with Gasteiger partial charge in [-0.1, -0.05) is 25.1 Å². The standard InChI is InChI=1S/C17H18N4O2/c1-10(2)8-11-9-14(23-20-11)16-19-13-5-3-4-12-15(13)21(16)7-6-18-17(12)22/h3-5,9-10H,6-8H2,1-2H3,(H,18,22). The molecule has 1 aromatic carbocycles. The summed E-state index contributed by atoms with van der Waals surface area (Å²) >= 11 is 0. The Labute approximate surface area is 133 Å². The van der Waals surface area contributed by atoms with Crippen LogP contribution < -0.4 is 5.32 Å². The van der Waals surface area contributed by atoms with Crippen LogP contribution in [0.15, 0.2) is 28.8 Å². The Hall–Kier alpha value is -2.63. The molecule has 0 aliphatic carbocycles. The van der Waals surface area contributed by atoms with Gasteiger partial charge >= 0.3 is 0 Å². The lowest BCUT2D eigenvalue weighted by atomic mass is 10.1. The number of amides is 1. The number of benzene rings is 1. The molecule has 1 amide bonds. The smallest absolute Gasteiger partial charge is 0.253 e. The molecule has 6 heteroatoms. The molecule has 1 N–H and O–H groups in total. The zero-order valence-electron chi connectivity index (χ0n) is 13.2. The second-order valence-corrected chi connectivity index (χ2v) is 6.30. The van der Waals surface area contributed by atoms with Gasteiger partial charge in [0.2, 0.25) is 5.76 Å². The summed E-state index contributed by atoms with van der Waals surface area (Å²) in [5.74, 6) is 1.84. The van der Waals surface area contributed by atoms with E-state index in [-0.39, 0.29) is 5.91 Å². The first-order valence-electron chi connectivity index (χ1n) is 7.87. The summed E-state index contributed by atoms with van der Waals surface area (Å²) in [6.45, 7) is 5.53. The molecular weight excluding hydrogens is 292 g/mol. The maximum absolute atomic E-state index is 12.2. The monoisotopic (exact) mass is 310 g/mol. The highest BCUT2D eigenvalue weighted by atomic mass is 16.5. The zero-order chi connectivity index (χ0) is 16.0. The van der Waals surface area contributed by atoms with E-state index in [0.29, 0.717) is 30.3 Å². The summed E-state index contributed by atoms with van der Waals surface area (Å²) in [4.78, 5) is 16.8. The van der Waals surface area contributed by atoms with Crippen molar-refractivity contribution in [3.8, 4) is 11.6 Å². The minimum atomic E-state index is -0.0566. The molecule has 0 saturated carbocycles. The molecule has 0 bridgehead atoms.